The van der Waals surface area contributed by atoms with Crippen LogP contribution in [0, 0.1) is 0 Å². The molecule has 0 atom stereocenters. The lowest BCUT2D eigenvalue weighted by atomic mass is 10.1. The highest BCUT2D eigenvalue weighted by Gasteiger charge is 1.94. The average Bonchev–Trinajstić information content (AvgIpc) is 2.59. The minimum atomic E-state index is 0.123. The van der Waals surface area contributed by atoms with Crippen LogP contribution < -0.4 is 5.32 Å². The van der Waals surface area contributed by atoms with Gasteiger partial charge in [0, 0.05) is 13.5 Å². The standard InChI is InChI=1S/C22H35NO/c1-4-5-6-7-9-12-15-18-21(2)19-16-13-10-8-11-14-17-20-22(24)23-3/h5-6,8-9,11-13,16,18H,4,7,10,14-15,17,19-20H2,1-3H3,(H,23,24). The van der Waals surface area contributed by atoms with Gasteiger partial charge in [0.25, 0.3) is 0 Å². The van der Waals surface area contributed by atoms with Gasteiger partial charge in [-0.2, -0.15) is 0 Å². The summed E-state index contributed by atoms with van der Waals surface area (Å²) in [4.78, 5) is 11.0. The Labute approximate surface area is 149 Å². The number of hydrogen-bond donors (Lipinski definition) is 1. The Morgan fingerprint density at radius 1 is 0.875 bits per heavy atom. The van der Waals surface area contributed by atoms with Crippen molar-refractivity contribution >= 4 is 5.91 Å². The van der Waals surface area contributed by atoms with Crippen LogP contribution in [0.25, 0.3) is 0 Å². The number of rotatable bonds is 13. The quantitative estimate of drug-likeness (QED) is 0.324. The van der Waals surface area contributed by atoms with Gasteiger partial charge in [0.15, 0.2) is 0 Å². The lowest BCUT2D eigenvalue weighted by molar-refractivity contribution is -0.120. The van der Waals surface area contributed by atoms with E-state index in [2.05, 4.69) is 73.8 Å². The van der Waals surface area contributed by atoms with Gasteiger partial charge in [0.05, 0.1) is 0 Å². The third kappa shape index (κ3) is 16.5. The van der Waals surface area contributed by atoms with Crippen LogP contribution in [0.4, 0.5) is 0 Å². The molecule has 0 aromatic rings. The molecule has 134 valence electrons. The molecule has 0 rings (SSSR count). The van der Waals surface area contributed by atoms with E-state index in [1.807, 2.05) is 0 Å². The molecule has 0 aliphatic heterocycles. The van der Waals surface area contributed by atoms with E-state index in [1.54, 1.807) is 7.05 Å². The van der Waals surface area contributed by atoms with Crippen molar-refractivity contribution in [3.63, 3.8) is 0 Å². The zero-order valence-corrected chi connectivity index (χ0v) is 15.8. The van der Waals surface area contributed by atoms with Crippen LogP contribution in [-0.2, 0) is 4.79 Å². The molecule has 0 bridgehead atoms. The molecule has 0 saturated heterocycles. The topological polar surface area (TPSA) is 29.1 Å². The second-order valence-corrected chi connectivity index (χ2v) is 5.82. The molecule has 0 saturated carbocycles. The van der Waals surface area contributed by atoms with E-state index in [-0.39, 0.29) is 5.91 Å². The van der Waals surface area contributed by atoms with Gasteiger partial charge >= 0.3 is 0 Å². The van der Waals surface area contributed by atoms with Crippen molar-refractivity contribution in [3.05, 3.63) is 60.3 Å². The maximum absolute atomic E-state index is 11.0. The van der Waals surface area contributed by atoms with Gasteiger partial charge in [-0.05, 0) is 51.9 Å². The molecule has 0 radical (unpaired) electrons. The molecule has 0 fully saturated rings. The van der Waals surface area contributed by atoms with E-state index in [4.69, 9.17) is 0 Å². The minimum Gasteiger partial charge on any atom is -0.359 e. The molecule has 1 N–H and O–H groups in total. The Kier molecular flexibility index (Phi) is 16.2. The zero-order chi connectivity index (χ0) is 17.9. The Bertz CT molecular complexity index is 453. The molecular weight excluding hydrogens is 294 g/mol. The second kappa shape index (κ2) is 17.5. The Balaban J connectivity index is 3.68. The Morgan fingerprint density at radius 3 is 2.21 bits per heavy atom. The predicted molar refractivity (Wildman–Crippen MR) is 107 cm³/mol. The van der Waals surface area contributed by atoms with E-state index in [9.17, 15) is 4.79 Å². The molecule has 0 aromatic carbocycles. The van der Waals surface area contributed by atoms with Crippen molar-refractivity contribution in [1.29, 1.82) is 0 Å². The summed E-state index contributed by atoms with van der Waals surface area (Å²) in [7, 11) is 1.68. The van der Waals surface area contributed by atoms with Gasteiger partial charge < -0.3 is 5.32 Å². The highest BCUT2D eigenvalue weighted by molar-refractivity contribution is 5.75. The van der Waals surface area contributed by atoms with Crippen LogP contribution in [0.3, 0.4) is 0 Å². The van der Waals surface area contributed by atoms with E-state index in [0.717, 1.165) is 44.9 Å². The molecule has 2 heteroatoms. The van der Waals surface area contributed by atoms with Crippen molar-refractivity contribution in [3.8, 4) is 0 Å². The van der Waals surface area contributed by atoms with Crippen LogP contribution in [-0.4, -0.2) is 13.0 Å². The monoisotopic (exact) mass is 329 g/mol. The molecule has 0 heterocycles. The van der Waals surface area contributed by atoms with Crippen molar-refractivity contribution in [1.82, 2.24) is 5.32 Å². The first-order valence-electron chi connectivity index (χ1n) is 9.16. The van der Waals surface area contributed by atoms with E-state index in [0.29, 0.717) is 6.42 Å². The zero-order valence-electron chi connectivity index (χ0n) is 15.8. The first kappa shape index (κ1) is 22.2. The number of allylic oxidation sites excluding steroid dienone is 10. The Morgan fingerprint density at radius 2 is 1.50 bits per heavy atom. The fourth-order valence-electron chi connectivity index (χ4n) is 2.05. The van der Waals surface area contributed by atoms with E-state index >= 15 is 0 Å². The van der Waals surface area contributed by atoms with Crippen LogP contribution in [0.2, 0.25) is 0 Å². The maximum Gasteiger partial charge on any atom is 0.219 e. The number of unbranched alkanes of at least 4 members (excludes halogenated alkanes) is 1. The molecule has 24 heavy (non-hydrogen) atoms. The summed E-state index contributed by atoms with van der Waals surface area (Å²) < 4.78 is 0. The minimum absolute atomic E-state index is 0.123. The van der Waals surface area contributed by atoms with Crippen molar-refractivity contribution in [2.45, 2.75) is 65.2 Å². The van der Waals surface area contributed by atoms with Crippen LogP contribution in [0.15, 0.2) is 60.3 Å². The first-order valence-corrected chi connectivity index (χ1v) is 9.16. The van der Waals surface area contributed by atoms with Crippen molar-refractivity contribution in [2.24, 2.45) is 0 Å². The fraction of sp³-hybridized carbons (Fsp3) is 0.500. The summed E-state index contributed by atoms with van der Waals surface area (Å²) in [6, 6.07) is 0. The maximum atomic E-state index is 11.0. The molecule has 0 unspecified atom stereocenters. The summed E-state index contributed by atoms with van der Waals surface area (Å²) in [5.74, 6) is 0.123. The number of carbonyl (C=O) groups is 1. The van der Waals surface area contributed by atoms with Gasteiger partial charge in [-0.3, -0.25) is 4.79 Å². The normalized spacial score (nSPS) is 13.0. The predicted octanol–water partition coefficient (Wildman–Crippen LogP) is 6.04. The number of amides is 1. The average molecular weight is 330 g/mol. The summed E-state index contributed by atoms with van der Waals surface area (Å²) in [5, 5.41) is 2.64. The van der Waals surface area contributed by atoms with Gasteiger partial charge in [0.2, 0.25) is 5.91 Å². The van der Waals surface area contributed by atoms with Gasteiger partial charge in [0.1, 0.15) is 0 Å². The summed E-state index contributed by atoms with van der Waals surface area (Å²) in [6.45, 7) is 4.34. The summed E-state index contributed by atoms with van der Waals surface area (Å²) in [5.41, 5.74) is 1.41. The van der Waals surface area contributed by atoms with Gasteiger partial charge in [-0.1, -0.05) is 67.2 Å². The third-order valence-corrected chi connectivity index (χ3v) is 3.54. The fourth-order valence-corrected chi connectivity index (χ4v) is 2.05. The van der Waals surface area contributed by atoms with Crippen LogP contribution >= 0.6 is 0 Å². The van der Waals surface area contributed by atoms with Crippen molar-refractivity contribution in [2.75, 3.05) is 7.05 Å². The molecule has 0 spiro atoms. The van der Waals surface area contributed by atoms with E-state index in [1.165, 1.54) is 5.57 Å². The SMILES string of the molecule is CCC=CCC=CCC=C(C)CC=CCC=CCCCC(=O)NC. The van der Waals surface area contributed by atoms with Gasteiger partial charge in [-0.15, -0.1) is 0 Å². The lowest BCUT2D eigenvalue weighted by Gasteiger charge is -1.96. The van der Waals surface area contributed by atoms with E-state index < -0.39 is 0 Å². The summed E-state index contributed by atoms with van der Waals surface area (Å²) in [6.07, 6.45) is 27.6. The number of carbonyl (C=O) groups excluding carboxylic acids is 1. The lowest BCUT2D eigenvalue weighted by Crippen LogP contribution is -2.16. The Hall–Kier alpha value is -1.83. The summed E-state index contributed by atoms with van der Waals surface area (Å²) >= 11 is 0. The second-order valence-electron chi connectivity index (χ2n) is 5.82. The number of nitrogens with one attached hydrogen (secondary N) is 1. The molecule has 0 aliphatic rings. The highest BCUT2D eigenvalue weighted by Crippen LogP contribution is 2.05. The molecule has 2 nitrogen and oxygen atoms in total. The van der Waals surface area contributed by atoms with Crippen LogP contribution in [0.1, 0.15) is 65.2 Å². The molecule has 0 aromatic heterocycles. The highest BCUT2D eigenvalue weighted by atomic mass is 16.1. The molecular formula is C22H35NO. The molecule has 0 aliphatic carbocycles. The van der Waals surface area contributed by atoms with Crippen LogP contribution in [0.5, 0.6) is 0 Å². The first-order chi connectivity index (χ1) is 11.7. The smallest absolute Gasteiger partial charge is 0.219 e. The number of hydrogen-bond acceptors (Lipinski definition) is 1. The molecule has 1 amide bonds. The van der Waals surface area contributed by atoms with Gasteiger partial charge in [-0.25, -0.2) is 0 Å². The third-order valence-electron chi connectivity index (χ3n) is 3.54. The van der Waals surface area contributed by atoms with Crippen molar-refractivity contribution < 1.29 is 4.79 Å². The largest absolute Gasteiger partial charge is 0.359 e.